The molecule has 212 valence electrons. The predicted octanol–water partition coefficient (Wildman–Crippen LogP) is 6.11. The van der Waals surface area contributed by atoms with E-state index in [9.17, 15) is 4.79 Å². The van der Waals surface area contributed by atoms with Crippen molar-refractivity contribution in [2.45, 2.75) is 53.2 Å². The van der Waals surface area contributed by atoms with Crippen molar-refractivity contribution >= 4 is 34.6 Å². The zero-order chi connectivity index (χ0) is 29.3. The summed E-state index contributed by atoms with van der Waals surface area (Å²) in [4.78, 5) is 23.8. The summed E-state index contributed by atoms with van der Waals surface area (Å²) in [6, 6.07) is 17.6. The fourth-order valence-corrected chi connectivity index (χ4v) is 5.58. The van der Waals surface area contributed by atoms with Crippen LogP contribution in [0.5, 0.6) is 5.75 Å². The summed E-state index contributed by atoms with van der Waals surface area (Å²) in [6.07, 6.45) is 5.50. The van der Waals surface area contributed by atoms with Crippen LogP contribution in [0.15, 0.2) is 73.2 Å². The lowest BCUT2D eigenvalue weighted by Crippen LogP contribution is -2.30. The molecule has 0 unspecified atom stereocenters. The molecule has 1 saturated heterocycles. The van der Waals surface area contributed by atoms with Gasteiger partial charge in [0.15, 0.2) is 5.11 Å². The quantitative estimate of drug-likeness (QED) is 0.260. The van der Waals surface area contributed by atoms with E-state index in [2.05, 4.69) is 51.1 Å². The van der Waals surface area contributed by atoms with Gasteiger partial charge in [0.05, 0.1) is 30.6 Å². The van der Waals surface area contributed by atoms with E-state index in [4.69, 9.17) is 21.9 Å². The molecule has 5 rings (SSSR count). The fraction of sp³-hybridized carbons (Fsp3) is 0.312. The smallest absolute Gasteiger partial charge is 0.229 e. The summed E-state index contributed by atoms with van der Waals surface area (Å²) in [5.41, 5.74) is 6.42. The monoisotopic (exact) mass is 568 g/mol. The Bertz CT molecular complexity index is 1560. The number of hydrogen-bond donors (Lipinski definition) is 2. The van der Waals surface area contributed by atoms with Crippen molar-refractivity contribution in [2.75, 3.05) is 17.3 Å². The van der Waals surface area contributed by atoms with Gasteiger partial charge in [0.25, 0.3) is 0 Å². The number of aromatic nitrogens is 3. The fourth-order valence-electron chi connectivity index (χ4n) is 5.24. The molecule has 1 aliphatic heterocycles. The molecule has 3 aromatic heterocycles. The van der Waals surface area contributed by atoms with Crippen molar-refractivity contribution < 1.29 is 9.53 Å². The van der Waals surface area contributed by atoms with Gasteiger partial charge in [0.2, 0.25) is 5.91 Å². The van der Waals surface area contributed by atoms with E-state index in [-0.39, 0.29) is 18.0 Å². The van der Waals surface area contributed by atoms with Crippen molar-refractivity contribution in [1.82, 2.24) is 19.9 Å². The Morgan fingerprint density at radius 3 is 2.56 bits per heavy atom. The molecule has 2 atom stereocenters. The van der Waals surface area contributed by atoms with Crippen LogP contribution in [-0.2, 0) is 11.3 Å². The minimum Gasteiger partial charge on any atom is -0.494 e. The molecule has 0 saturated carbocycles. The van der Waals surface area contributed by atoms with E-state index < -0.39 is 5.41 Å². The Morgan fingerprint density at radius 1 is 1.10 bits per heavy atom. The number of carbonyl (C=O) groups excluding carboxylic acids is 1. The number of anilines is 2. The minimum absolute atomic E-state index is 0.0870. The second-order valence-electron chi connectivity index (χ2n) is 11.4. The van der Waals surface area contributed by atoms with Crippen LogP contribution < -0.4 is 20.3 Å². The van der Waals surface area contributed by atoms with Gasteiger partial charge in [-0.15, -0.1) is 0 Å². The molecule has 0 spiro atoms. The van der Waals surface area contributed by atoms with E-state index in [1.807, 2.05) is 69.4 Å². The van der Waals surface area contributed by atoms with Gasteiger partial charge in [0, 0.05) is 53.7 Å². The molecule has 2 N–H and O–H groups in total. The third-order valence-corrected chi connectivity index (χ3v) is 7.80. The highest BCUT2D eigenvalue weighted by Gasteiger charge is 2.42. The number of aryl methyl sites for hydroxylation is 1. The topological polar surface area (TPSA) is 84.3 Å². The Balaban J connectivity index is 1.59. The van der Waals surface area contributed by atoms with Gasteiger partial charge in [-0.2, -0.15) is 0 Å². The second-order valence-corrected chi connectivity index (χ2v) is 11.7. The van der Waals surface area contributed by atoms with Crippen LogP contribution >= 0.6 is 12.2 Å². The van der Waals surface area contributed by atoms with Crippen LogP contribution in [0.25, 0.3) is 0 Å². The highest BCUT2D eigenvalue weighted by atomic mass is 32.1. The van der Waals surface area contributed by atoms with Crippen LogP contribution in [0.3, 0.4) is 0 Å². The van der Waals surface area contributed by atoms with Gasteiger partial charge in [-0.05, 0) is 73.6 Å². The van der Waals surface area contributed by atoms with Crippen LogP contribution in [-0.4, -0.2) is 32.7 Å². The van der Waals surface area contributed by atoms with E-state index >= 15 is 0 Å². The first kappa shape index (κ1) is 28.3. The standard InChI is InChI=1S/C32H36N6O2S/c1-20-16-24(21(2)37(20)19-22-10-9-14-33-18-22)29-28(26-11-7-8-15-34-26)36-31(41)38(29)23-12-13-25(27(17-23)40-6)35-30(39)32(3,4)5/h7-18,28-29H,19H2,1-6H3,(H,35,39)(H,36,41)/t28-,29+/m1/s1. The van der Waals surface area contributed by atoms with Gasteiger partial charge in [-0.1, -0.05) is 32.9 Å². The summed E-state index contributed by atoms with van der Waals surface area (Å²) < 4.78 is 8.05. The molecule has 4 heterocycles. The number of hydrogen-bond acceptors (Lipinski definition) is 5. The number of thiocarbonyl (C=S) groups is 1. The van der Waals surface area contributed by atoms with Crippen molar-refractivity contribution in [3.05, 3.63) is 101 Å². The van der Waals surface area contributed by atoms with Crippen LogP contribution in [0, 0.1) is 19.3 Å². The average Bonchev–Trinajstić information content (AvgIpc) is 3.44. The lowest BCUT2D eigenvalue weighted by Gasteiger charge is -2.29. The highest BCUT2D eigenvalue weighted by molar-refractivity contribution is 7.80. The Kier molecular flexibility index (Phi) is 7.82. The number of rotatable bonds is 7. The van der Waals surface area contributed by atoms with Gasteiger partial charge in [0.1, 0.15) is 5.75 Å². The molecule has 41 heavy (non-hydrogen) atoms. The van der Waals surface area contributed by atoms with Crippen LogP contribution in [0.1, 0.15) is 61.1 Å². The molecule has 1 fully saturated rings. The van der Waals surface area contributed by atoms with Crippen molar-refractivity contribution in [1.29, 1.82) is 0 Å². The van der Waals surface area contributed by atoms with E-state index in [0.29, 0.717) is 16.5 Å². The molecule has 9 heteroatoms. The van der Waals surface area contributed by atoms with Crippen molar-refractivity contribution in [3.8, 4) is 5.75 Å². The molecular formula is C32H36N6O2S. The summed E-state index contributed by atoms with van der Waals surface area (Å²) in [5, 5.41) is 7.14. The number of amides is 1. The number of pyridine rings is 2. The molecule has 0 aliphatic carbocycles. The Hall–Kier alpha value is -4.24. The SMILES string of the molecule is COc1cc(N2C(=S)N[C@H](c3ccccn3)[C@@H]2c2cc(C)n(Cc3cccnc3)c2C)ccc1NC(=O)C(C)(C)C. The van der Waals surface area contributed by atoms with Gasteiger partial charge < -0.3 is 24.8 Å². The molecule has 1 aromatic carbocycles. The van der Waals surface area contributed by atoms with Crippen LogP contribution in [0.4, 0.5) is 11.4 Å². The maximum Gasteiger partial charge on any atom is 0.229 e. The van der Waals surface area contributed by atoms with Crippen LogP contribution in [0.2, 0.25) is 0 Å². The number of carbonyl (C=O) groups is 1. The van der Waals surface area contributed by atoms with Gasteiger partial charge >= 0.3 is 0 Å². The third kappa shape index (κ3) is 5.67. The molecule has 0 radical (unpaired) electrons. The van der Waals surface area contributed by atoms with Crippen molar-refractivity contribution in [3.63, 3.8) is 0 Å². The maximum atomic E-state index is 12.7. The van der Waals surface area contributed by atoms with Gasteiger partial charge in [-0.3, -0.25) is 14.8 Å². The zero-order valence-electron chi connectivity index (χ0n) is 24.3. The highest BCUT2D eigenvalue weighted by Crippen LogP contribution is 2.45. The zero-order valence-corrected chi connectivity index (χ0v) is 25.1. The van der Waals surface area contributed by atoms with E-state index in [1.165, 1.54) is 0 Å². The van der Waals surface area contributed by atoms with E-state index in [1.54, 1.807) is 19.5 Å². The first-order chi connectivity index (χ1) is 19.6. The first-order valence-corrected chi connectivity index (χ1v) is 14.0. The maximum absolute atomic E-state index is 12.7. The third-order valence-electron chi connectivity index (χ3n) is 7.49. The van der Waals surface area contributed by atoms with E-state index in [0.717, 1.165) is 40.4 Å². The molecule has 8 nitrogen and oxygen atoms in total. The minimum atomic E-state index is -0.538. The molecule has 1 aliphatic rings. The molecular weight excluding hydrogens is 532 g/mol. The lowest BCUT2D eigenvalue weighted by molar-refractivity contribution is -0.123. The molecule has 4 aromatic rings. The summed E-state index contributed by atoms with van der Waals surface area (Å²) in [7, 11) is 1.60. The summed E-state index contributed by atoms with van der Waals surface area (Å²) in [5.74, 6) is 0.473. The molecule has 1 amide bonds. The first-order valence-electron chi connectivity index (χ1n) is 13.6. The number of methoxy groups -OCH3 is 1. The number of ether oxygens (including phenoxy) is 1. The lowest BCUT2D eigenvalue weighted by atomic mass is 9.95. The average molecular weight is 569 g/mol. The number of nitrogens with one attached hydrogen (secondary N) is 2. The van der Waals surface area contributed by atoms with Gasteiger partial charge in [-0.25, -0.2) is 0 Å². The second kappa shape index (κ2) is 11.3. The molecule has 0 bridgehead atoms. The Morgan fingerprint density at radius 2 is 1.90 bits per heavy atom. The van der Waals surface area contributed by atoms with Crippen molar-refractivity contribution in [2.24, 2.45) is 5.41 Å². The number of nitrogens with zero attached hydrogens (tertiary/aromatic N) is 4. The Labute approximate surface area is 246 Å². The predicted molar refractivity (Wildman–Crippen MR) is 166 cm³/mol. The summed E-state index contributed by atoms with van der Waals surface area (Å²) >= 11 is 5.96. The normalized spacial score (nSPS) is 16.9. The largest absolute Gasteiger partial charge is 0.494 e. The number of benzene rings is 1. The summed E-state index contributed by atoms with van der Waals surface area (Å²) in [6.45, 7) is 10.6.